The third-order valence-corrected chi connectivity index (χ3v) is 7.02. The number of fused-ring (bicyclic) bond motifs is 4. The number of rotatable bonds is 4. The lowest BCUT2D eigenvalue weighted by Gasteiger charge is -2.36. The Kier molecular flexibility index (Phi) is 4.48. The number of hydrogen-bond acceptors (Lipinski definition) is 8. The zero-order valence-corrected chi connectivity index (χ0v) is 18.3. The first kappa shape index (κ1) is 20.2. The number of halogens is 2. The van der Waals surface area contributed by atoms with Gasteiger partial charge in [-0.15, -0.1) is 0 Å². The van der Waals surface area contributed by atoms with Crippen molar-refractivity contribution in [2.75, 3.05) is 30.4 Å². The molecule has 1 aromatic carbocycles. The lowest BCUT2D eigenvalue weighted by atomic mass is 9.72. The fourth-order valence-electron chi connectivity index (χ4n) is 5.30. The number of nitrogens with one attached hydrogen (secondary N) is 1. The first-order valence-corrected chi connectivity index (χ1v) is 11.0. The summed E-state index contributed by atoms with van der Waals surface area (Å²) in [4.78, 5) is 19.7. The Morgan fingerprint density at radius 1 is 1.15 bits per heavy atom. The first-order valence-electron chi connectivity index (χ1n) is 11.0. The molecule has 2 fully saturated rings. The highest BCUT2D eigenvalue weighted by Gasteiger charge is 2.47. The molecule has 1 saturated heterocycles. The maximum atomic E-state index is 15.1. The van der Waals surface area contributed by atoms with Crippen LogP contribution in [-0.4, -0.2) is 46.1 Å². The summed E-state index contributed by atoms with van der Waals surface area (Å²) in [5.41, 5.74) is 8.75. The SMILES string of the molecule is CNc1cc(F)c(F)c2c1Cc1nc(Oc3cnc(C)nc3)nc(N3CC4C[C@H](N)C4C3)c1-2. The molecular weight excluding hydrogens is 428 g/mol. The predicted molar refractivity (Wildman–Crippen MR) is 118 cm³/mol. The van der Waals surface area contributed by atoms with Crippen molar-refractivity contribution in [1.29, 1.82) is 0 Å². The van der Waals surface area contributed by atoms with Crippen molar-refractivity contribution in [3.8, 4) is 22.9 Å². The van der Waals surface area contributed by atoms with Crippen molar-refractivity contribution in [1.82, 2.24) is 19.9 Å². The number of hydrogen-bond donors (Lipinski definition) is 2. The monoisotopic (exact) mass is 451 g/mol. The minimum Gasteiger partial charge on any atom is -0.421 e. The molecule has 33 heavy (non-hydrogen) atoms. The second-order valence-electron chi connectivity index (χ2n) is 8.95. The minimum atomic E-state index is -0.905. The molecule has 0 amide bonds. The summed E-state index contributed by atoms with van der Waals surface area (Å²) in [6.07, 6.45) is 4.41. The van der Waals surface area contributed by atoms with Gasteiger partial charge in [-0.05, 0) is 30.7 Å². The van der Waals surface area contributed by atoms with E-state index in [1.807, 2.05) is 0 Å². The molecule has 1 saturated carbocycles. The summed E-state index contributed by atoms with van der Waals surface area (Å²) in [5, 5.41) is 2.98. The fourth-order valence-corrected chi connectivity index (χ4v) is 5.30. The highest BCUT2D eigenvalue weighted by molar-refractivity contribution is 5.88. The van der Waals surface area contributed by atoms with Crippen molar-refractivity contribution >= 4 is 11.5 Å². The molecule has 2 unspecified atom stereocenters. The molecule has 3 heterocycles. The molecule has 0 bridgehead atoms. The molecule has 8 nitrogen and oxygen atoms in total. The third kappa shape index (κ3) is 3.12. The van der Waals surface area contributed by atoms with Gasteiger partial charge in [-0.1, -0.05) is 0 Å². The molecule has 0 spiro atoms. The maximum Gasteiger partial charge on any atom is 0.324 e. The van der Waals surface area contributed by atoms with Gasteiger partial charge in [0.15, 0.2) is 17.4 Å². The predicted octanol–water partition coefficient (Wildman–Crippen LogP) is 3.04. The van der Waals surface area contributed by atoms with E-state index < -0.39 is 11.6 Å². The van der Waals surface area contributed by atoms with Crippen molar-refractivity contribution in [3.05, 3.63) is 47.2 Å². The molecule has 3 N–H and O–H groups in total. The van der Waals surface area contributed by atoms with Crippen LogP contribution in [0.15, 0.2) is 18.5 Å². The lowest BCUT2D eigenvalue weighted by Crippen LogP contribution is -2.46. The van der Waals surface area contributed by atoms with E-state index in [-0.39, 0.29) is 17.6 Å². The zero-order chi connectivity index (χ0) is 22.9. The van der Waals surface area contributed by atoms with Crippen molar-refractivity contribution in [2.24, 2.45) is 17.6 Å². The van der Waals surface area contributed by atoms with Crippen LogP contribution in [0, 0.1) is 30.4 Å². The highest BCUT2D eigenvalue weighted by atomic mass is 19.2. The van der Waals surface area contributed by atoms with Gasteiger partial charge in [-0.2, -0.15) is 9.97 Å². The van der Waals surface area contributed by atoms with Gasteiger partial charge in [0.2, 0.25) is 0 Å². The number of aromatic nitrogens is 4. The van der Waals surface area contributed by atoms with Crippen molar-refractivity contribution < 1.29 is 13.5 Å². The number of benzene rings is 1. The smallest absolute Gasteiger partial charge is 0.324 e. The Balaban J connectivity index is 1.49. The summed E-state index contributed by atoms with van der Waals surface area (Å²) >= 11 is 0. The molecule has 170 valence electrons. The Hall–Kier alpha value is -3.40. The number of aryl methyl sites for hydroxylation is 1. The van der Waals surface area contributed by atoms with Crippen LogP contribution in [0.3, 0.4) is 0 Å². The van der Waals surface area contributed by atoms with Crippen molar-refractivity contribution in [2.45, 2.75) is 25.8 Å². The van der Waals surface area contributed by atoms with Crippen LogP contribution in [0.4, 0.5) is 20.3 Å². The molecule has 2 aliphatic carbocycles. The van der Waals surface area contributed by atoms with E-state index in [1.165, 1.54) is 6.07 Å². The van der Waals surface area contributed by atoms with Crippen LogP contribution in [0.2, 0.25) is 0 Å². The van der Waals surface area contributed by atoms with E-state index in [1.54, 1.807) is 26.4 Å². The summed E-state index contributed by atoms with van der Waals surface area (Å²) in [5.74, 6) is 0.635. The maximum absolute atomic E-state index is 15.1. The number of nitrogens with zero attached hydrogens (tertiary/aromatic N) is 5. The third-order valence-electron chi connectivity index (χ3n) is 7.02. The zero-order valence-electron chi connectivity index (χ0n) is 18.3. The van der Waals surface area contributed by atoms with Gasteiger partial charge in [0.25, 0.3) is 0 Å². The standard InChI is InChI=1S/C23H23F2N7O/c1-10-28-6-12(7-29-10)33-23-30-18-4-13-17(27-2)5-15(24)21(25)19(13)20(18)22(31-23)32-8-11-3-16(26)14(11)9-32/h5-7,11,14,16,27H,3-4,8-9,26H2,1-2H3/t11?,14?,16-/m0/s1. The van der Waals surface area contributed by atoms with Crippen LogP contribution in [-0.2, 0) is 6.42 Å². The van der Waals surface area contributed by atoms with Crippen LogP contribution in [0.5, 0.6) is 11.8 Å². The average Bonchev–Trinajstić information content (AvgIpc) is 3.35. The van der Waals surface area contributed by atoms with E-state index in [9.17, 15) is 4.39 Å². The van der Waals surface area contributed by atoms with Crippen LogP contribution >= 0.6 is 0 Å². The second-order valence-corrected chi connectivity index (χ2v) is 8.95. The molecule has 6 rings (SSSR count). The van der Waals surface area contributed by atoms with E-state index in [0.717, 1.165) is 13.0 Å². The lowest BCUT2D eigenvalue weighted by molar-refractivity contribution is 0.194. The Morgan fingerprint density at radius 2 is 1.94 bits per heavy atom. The van der Waals surface area contributed by atoms with E-state index in [4.69, 9.17) is 10.5 Å². The number of nitrogens with two attached hydrogens (primary N) is 1. The van der Waals surface area contributed by atoms with E-state index >= 15 is 4.39 Å². The summed E-state index contributed by atoms with van der Waals surface area (Å²) in [7, 11) is 1.69. The van der Waals surface area contributed by atoms with Crippen molar-refractivity contribution in [3.63, 3.8) is 0 Å². The molecule has 0 radical (unpaired) electrons. The van der Waals surface area contributed by atoms with Gasteiger partial charge in [0.05, 0.1) is 18.1 Å². The highest BCUT2D eigenvalue weighted by Crippen LogP contribution is 2.49. The molecule has 10 heteroatoms. The quantitative estimate of drug-likeness (QED) is 0.488. The topological polar surface area (TPSA) is 102 Å². The molecule has 2 aromatic heterocycles. The van der Waals surface area contributed by atoms with Crippen LogP contribution in [0.25, 0.3) is 11.1 Å². The summed E-state index contributed by atoms with van der Waals surface area (Å²) in [6.45, 7) is 3.26. The van der Waals surface area contributed by atoms with Gasteiger partial charge >= 0.3 is 6.01 Å². The fraction of sp³-hybridized carbons (Fsp3) is 0.391. The van der Waals surface area contributed by atoms with E-state index in [2.05, 4.69) is 30.2 Å². The number of ether oxygens (including phenoxy) is 1. The normalized spacial score (nSPS) is 22.5. The second kappa shape index (κ2) is 7.31. The molecular formula is C23H23F2N7O. The van der Waals surface area contributed by atoms with Gasteiger partial charge in [0, 0.05) is 55.5 Å². The average molecular weight is 451 g/mol. The Morgan fingerprint density at radius 3 is 2.64 bits per heavy atom. The van der Waals surface area contributed by atoms with Crippen LogP contribution < -0.4 is 20.7 Å². The summed E-state index contributed by atoms with van der Waals surface area (Å²) in [6, 6.07) is 1.47. The molecule has 3 aromatic rings. The molecule has 3 aliphatic rings. The van der Waals surface area contributed by atoms with Gasteiger partial charge in [0.1, 0.15) is 11.6 Å². The minimum absolute atomic E-state index is 0.124. The van der Waals surface area contributed by atoms with Gasteiger partial charge in [-0.25, -0.2) is 18.7 Å². The molecule has 3 atom stereocenters. The Bertz CT molecular complexity index is 1270. The van der Waals surface area contributed by atoms with Gasteiger partial charge < -0.3 is 20.7 Å². The van der Waals surface area contributed by atoms with E-state index in [0.29, 0.717) is 64.7 Å². The van der Waals surface area contributed by atoms with Gasteiger partial charge in [-0.3, -0.25) is 0 Å². The molecule has 1 aliphatic heterocycles. The first-order chi connectivity index (χ1) is 15.9. The largest absolute Gasteiger partial charge is 0.421 e. The Labute approximate surface area is 189 Å². The summed E-state index contributed by atoms with van der Waals surface area (Å²) < 4.78 is 35.5. The number of anilines is 2. The van der Waals surface area contributed by atoms with Crippen LogP contribution in [0.1, 0.15) is 23.5 Å².